The van der Waals surface area contributed by atoms with Gasteiger partial charge < -0.3 is 11.1 Å². The summed E-state index contributed by atoms with van der Waals surface area (Å²) < 4.78 is 14.1. The van der Waals surface area contributed by atoms with Crippen LogP contribution in [0.25, 0.3) is 0 Å². The van der Waals surface area contributed by atoms with Crippen molar-refractivity contribution in [2.24, 2.45) is 0 Å². The highest BCUT2D eigenvalue weighted by molar-refractivity contribution is 9.10. The fourth-order valence-electron chi connectivity index (χ4n) is 1.54. The molecule has 5 heteroatoms. The number of halogens is 3. The van der Waals surface area contributed by atoms with Crippen LogP contribution >= 0.6 is 27.5 Å². The van der Waals surface area contributed by atoms with E-state index in [0.29, 0.717) is 11.4 Å². The molecule has 2 aromatic rings. The zero-order valence-electron chi connectivity index (χ0n) is 9.60. The average molecular weight is 330 g/mol. The van der Waals surface area contributed by atoms with Crippen LogP contribution in [0.15, 0.2) is 34.8 Å². The summed E-state index contributed by atoms with van der Waals surface area (Å²) in [6.45, 7) is 2.00. The summed E-state index contributed by atoms with van der Waals surface area (Å²) in [5.41, 5.74) is 8.61. The Morgan fingerprint density at radius 1 is 1.22 bits per heavy atom. The van der Waals surface area contributed by atoms with E-state index in [-0.39, 0.29) is 5.02 Å². The molecule has 18 heavy (non-hydrogen) atoms. The van der Waals surface area contributed by atoms with E-state index in [1.807, 2.05) is 25.1 Å². The van der Waals surface area contributed by atoms with E-state index in [4.69, 9.17) is 17.3 Å². The summed E-state index contributed by atoms with van der Waals surface area (Å²) in [6.07, 6.45) is 0. The molecule has 2 rings (SSSR count). The van der Waals surface area contributed by atoms with Gasteiger partial charge in [0.1, 0.15) is 5.82 Å². The maximum atomic E-state index is 13.2. The number of anilines is 3. The van der Waals surface area contributed by atoms with Crippen LogP contribution in [0.3, 0.4) is 0 Å². The van der Waals surface area contributed by atoms with Crippen molar-refractivity contribution in [3.63, 3.8) is 0 Å². The molecule has 0 atom stereocenters. The summed E-state index contributed by atoms with van der Waals surface area (Å²) in [5, 5.41) is 3.15. The zero-order chi connectivity index (χ0) is 13.3. The van der Waals surface area contributed by atoms with Gasteiger partial charge in [0, 0.05) is 10.5 Å². The fraction of sp³-hybridized carbons (Fsp3) is 0.0769. The Labute approximate surface area is 118 Å². The topological polar surface area (TPSA) is 38.0 Å². The van der Waals surface area contributed by atoms with Crippen molar-refractivity contribution < 1.29 is 4.39 Å². The Morgan fingerprint density at radius 2 is 1.94 bits per heavy atom. The van der Waals surface area contributed by atoms with Crippen molar-refractivity contribution in [2.75, 3.05) is 11.1 Å². The second kappa shape index (κ2) is 5.16. The van der Waals surface area contributed by atoms with E-state index in [9.17, 15) is 4.39 Å². The lowest BCUT2D eigenvalue weighted by molar-refractivity contribution is 0.629. The Bertz CT molecular complexity index is 602. The predicted octanol–water partition coefficient (Wildman–Crippen LogP) is 4.88. The third-order valence-electron chi connectivity index (χ3n) is 2.49. The van der Waals surface area contributed by atoms with E-state index in [2.05, 4.69) is 21.2 Å². The smallest absolute Gasteiger partial charge is 0.143 e. The molecule has 0 spiro atoms. The molecule has 0 bridgehead atoms. The molecular formula is C13H11BrClFN2. The van der Waals surface area contributed by atoms with Crippen LogP contribution in [-0.4, -0.2) is 0 Å². The Hall–Kier alpha value is -1.26. The molecule has 0 aliphatic rings. The summed E-state index contributed by atoms with van der Waals surface area (Å²) >= 11 is 9.19. The van der Waals surface area contributed by atoms with Gasteiger partial charge in [-0.05, 0) is 46.6 Å². The largest absolute Gasteiger partial charge is 0.397 e. The van der Waals surface area contributed by atoms with Gasteiger partial charge in [0.05, 0.1) is 22.1 Å². The number of hydrogen-bond acceptors (Lipinski definition) is 2. The second-order valence-electron chi connectivity index (χ2n) is 3.96. The summed E-state index contributed by atoms with van der Waals surface area (Å²) in [6, 6.07) is 8.53. The Kier molecular flexibility index (Phi) is 3.78. The number of benzene rings is 2. The van der Waals surface area contributed by atoms with Crippen LogP contribution in [-0.2, 0) is 0 Å². The van der Waals surface area contributed by atoms with Crippen molar-refractivity contribution in [3.8, 4) is 0 Å². The molecule has 0 saturated carbocycles. The molecule has 0 saturated heterocycles. The summed E-state index contributed by atoms with van der Waals surface area (Å²) in [7, 11) is 0. The van der Waals surface area contributed by atoms with Crippen molar-refractivity contribution in [2.45, 2.75) is 6.92 Å². The number of nitrogens with two attached hydrogens (primary N) is 1. The van der Waals surface area contributed by atoms with Crippen LogP contribution in [0.5, 0.6) is 0 Å². The number of nitrogens with one attached hydrogen (secondary N) is 1. The van der Waals surface area contributed by atoms with Gasteiger partial charge >= 0.3 is 0 Å². The van der Waals surface area contributed by atoms with E-state index >= 15 is 0 Å². The van der Waals surface area contributed by atoms with Gasteiger partial charge in [0.25, 0.3) is 0 Å². The third kappa shape index (κ3) is 2.76. The van der Waals surface area contributed by atoms with Gasteiger partial charge in [-0.1, -0.05) is 17.7 Å². The lowest BCUT2D eigenvalue weighted by atomic mass is 10.2. The highest BCUT2D eigenvalue weighted by Crippen LogP contribution is 2.32. The van der Waals surface area contributed by atoms with Crippen molar-refractivity contribution in [1.29, 1.82) is 0 Å². The van der Waals surface area contributed by atoms with Crippen LogP contribution in [0, 0.1) is 12.7 Å². The molecule has 0 heterocycles. The van der Waals surface area contributed by atoms with E-state index < -0.39 is 5.82 Å². The first-order chi connectivity index (χ1) is 8.47. The quantitative estimate of drug-likeness (QED) is 0.771. The molecule has 0 aliphatic heterocycles. The fourth-order valence-corrected chi connectivity index (χ4v) is 2.29. The molecule has 0 amide bonds. The minimum Gasteiger partial charge on any atom is -0.397 e. The first-order valence-corrected chi connectivity index (χ1v) is 6.42. The maximum Gasteiger partial charge on any atom is 0.143 e. The van der Waals surface area contributed by atoms with E-state index in [1.165, 1.54) is 12.1 Å². The monoisotopic (exact) mass is 328 g/mol. The highest BCUT2D eigenvalue weighted by atomic mass is 79.9. The van der Waals surface area contributed by atoms with Crippen LogP contribution in [0.4, 0.5) is 21.5 Å². The van der Waals surface area contributed by atoms with Gasteiger partial charge in [0.2, 0.25) is 0 Å². The minimum atomic E-state index is -0.525. The average Bonchev–Trinajstić information content (AvgIpc) is 2.29. The molecule has 0 fully saturated rings. The van der Waals surface area contributed by atoms with Crippen LogP contribution in [0.1, 0.15) is 5.56 Å². The normalized spacial score (nSPS) is 10.4. The van der Waals surface area contributed by atoms with Gasteiger partial charge in [-0.3, -0.25) is 0 Å². The SMILES string of the molecule is Cc1ccc(Nc2cc(Cl)c(F)cc2N)c(Br)c1. The third-order valence-corrected chi connectivity index (χ3v) is 3.43. The van der Waals surface area contributed by atoms with E-state index in [1.54, 1.807) is 0 Å². The highest BCUT2D eigenvalue weighted by Gasteiger charge is 2.08. The van der Waals surface area contributed by atoms with E-state index in [0.717, 1.165) is 15.7 Å². The molecule has 3 N–H and O–H groups in total. The maximum absolute atomic E-state index is 13.2. The van der Waals surface area contributed by atoms with Gasteiger partial charge in [-0.2, -0.15) is 0 Å². The number of aryl methyl sites for hydroxylation is 1. The van der Waals surface area contributed by atoms with Gasteiger partial charge in [-0.15, -0.1) is 0 Å². The van der Waals surface area contributed by atoms with Gasteiger partial charge in [0.15, 0.2) is 0 Å². The zero-order valence-corrected chi connectivity index (χ0v) is 11.9. The molecule has 2 aromatic carbocycles. The second-order valence-corrected chi connectivity index (χ2v) is 5.22. The van der Waals surface area contributed by atoms with Crippen LogP contribution < -0.4 is 11.1 Å². The van der Waals surface area contributed by atoms with Crippen molar-refractivity contribution in [3.05, 3.63) is 51.2 Å². The first-order valence-electron chi connectivity index (χ1n) is 5.25. The van der Waals surface area contributed by atoms with Crippen LogP contribution in [0.2, 0.25) is 5.02 Å². The van der Waals surface area contributed by atoms with Crippen molar-refractivity contribution in [1.82, 2.24) is 0 Å². The molecule has 0 aliphatic carbocycles. The van der Waals surface area contributed by atoms with Gasteiger partial charge in [-0.25, -0.2) is 4.39 Å². The van der Waals surface area contributed by atoms with Crippen molar-refractivity contribution >= 4 is 44.6 Å². The minimum absolute atomic E-state index is 0.0370. The number of nitrogen functional groups attached to an aromatic ring is 1. The standard InChI is InChI=1S/C13H11BrClFN2/c1-7-2-3-12(8(14)4-7)18-13-5-9(15)10(16)6-11(13)17/h2-6,18H,17H2,1H3. The lowest BCUT2D eigenvalue weighted by Crippen LogP contribution is -1.98. The number of hydrogen-bond donors (Lipinski definition) is 2. The molecule has 94 valence electrons. The molecule has 2 nitrogen and oxygen atoms in total. The first kappa shape index (κ1) is 13.2. The predicted molar refractivity (Wildman–Crippen MR) is 78.0 cm³/mol. The summed E-state index contributed by atoms with van der Waals surface area (Å²) in [5.74, 6) is -0.525. The Morgan fingerprint density at radius 3 is 2.61 bits per heavy atom. The Balaban J connectivity index is 2.37. The lowest BCUT2D eigenvalue weighted by Gasteiger charge is -2.12. The molecule has 0 radical (unpaired) electrons. The number of rotatable bonds is 2. The molecular weight excluding hydrogens is 319 g/mol. The summed E-state index contributed by atoms with van der Waals surface area (Å²) in [4.78, 5) is 0. The molecule has 0 aromatic heterocycles. The molecule has 0 unspecified atom stereocenters.